The van der Waals surface area contributed by atoms with Crippen molar-refractivity contribution in [2.75, 3.05) is 24.7 Å². The minimum absolute atomic E-state index is 0.393. The van der Waals surface area contributed by atoms with E-state index in [1.54, 1.807) is 12.3 Å². The Hall–Kier alpha value is -2.27. The van der Waals surface area contributed by atoms with Crippen molar-refractivity contribution in [1.29, 1.82) is 0 Å². The highest BCUT2D eigenvalue weighted by Gasteiger charge is 2.15. The molecular weight excluding hydrogens is 274 g/mol. The molecule has 102 valence electrons. The van der Waals surface area contributed by atoms with Crippen LogP contribution in [0, 0.1) is 0 Å². The van der Waals surface area contributed by atoms with E-state index in [1.165, 1.54) is 0 Å². The zero-order valence-electron chi connectivity index (χ0n) is 11.2. The average molecular weight is 288 g/mol. The van der Waals surface area contributed by atoms with Crippen molar-refractivity contribution in [3.05, 3.63) is 41.6 Å². The fraction of sp³-hybridized carbons (Fsp3) is 0.143. The minimum Gasteiger partial charge on any atom is -0.376 e. The number of imidazole rings is 1. The molecule has 0 spiro atoms. The maximum Gasteiger partial charge on any atom is 0.207 e. The highest BCUT2D eigenvalue weighted by molar-refractivity contribution is 6.31. The summed E-state index contributed by atoms with van der Waals surface area (Å²) in [6, 6.07) is 9.72. The molecule has 0 fully saturated rings. The van der Waals surface area contributed by atoms with E-state index < -0.39 is 0 Å². The van der Waals surface area contributed by atoms with Gasteiger partial charge < -0.3 is 10.6 Å². The van der Waals surface area contributed by atoms with Gasteiger partial charge in [0.1, 0.15) is 5.52 Å². The first-order valence-electron chi connectivity index (χ1n) is 6.14. The van der Waals surface area contributed by atoms with Crippen LogP contribution < -0.4 is 10.6 Å². The van der Waals surface area contributed by atoms with Crippen LogP contribution in [0.25, 0.3) is 16.9 Å². The molecule has 1 aromatic carbocycles. The number of anilines is 2. The Balaban J connectivity index is 2.33. The van der Waals surface area contributed by atoms with E-state index in [1.807, 2.05) is 47.8 Å². The Morgan fingerprint density at radius 2 is 2.00 bits per heavy atom. The third kappa shape index (κ3) is 1.96. The summed E-state index contributed by atoms with van der Waals surface area (Å²) >= 11 is 5.95. The summed E-state index contributed by atoms with van der Waals surface area (Å²) in [5, 5.41) is 0.544. The number of hydrogen-bond donors (Lipinski definition) is 1. The number of hydrogen-bond acceptors (Lipinski definition) is 4. The molecular formula is C14H14ClN5. The molecule has 0 bridgehead atoms. The highest BCUT2D eigenvalue weighted by atomic mass is 35.5. The van der Waals surface area contributed by atoms with Gasteiger partial charge in [-0.15, -0.1) is 0 Å². The summed E-state index contributed by atoms with van der Waals surface area (Å²) in [7, 11) is 3.97. The SMILES string of the molecule is CN(C)c1ccccc1-n1c(N)nc2cc(Cl)cnc21. The van der Waals surface area contributed by atoms with E-state index >= 15 is 0 Å². The summed E-state index contributed by atoms with van der Waals surface area (Å²) < 4.78 is 1.83. The number of benzene rings is 1. The predicted octanol–water partition coefficient (Wildman–Crippen LogP) is 2.72. The van der Waals surface area contributed by atoms with Gasteiger partial charge in [0, 0.05) is 20.3 Å². The summed E-state index contributed by atoms with van der Waals surface area (Å²) in [6.45, 7) is 0. The monoisotopic (exact) mass is 287 g/mol. The average Bonchev–Trinajstić information content (AvgIpc) is 2.73. The predicted molar refractivity (Wildman–Crippen MR) is 82.6 cm³/mol. The Bertz CT molecular complexity index is 778. The first kappa shape index (κ1) is 12.7. The molecule has 20 heavy (non-hydrogen) atoms. The van der Waals surface area contributed by atoms with E-state index in [9.17, 15) is 0 Å². The lowest BCUT2D eigenvalue weighted by Gasteiger charge is -2.18. The van der Waals surface area contributed by atoms with Crippen LogP contribution in [0.1, 0.15) is 0 Å². The van der Waals surface area contributed by atoms with Crippen LogP contribution in [0.2, 0.25) is 5.02 Å². The Morgan fingerprint density at radius 3 is 2.75 bits per heavy atom. The maximum absolute atomic E-state index is 6.05. The maximum atomic E-state index is 6.05. The molecule has 0 atom stereocenters. The zero-order chi connectivity index (χ0) is 14.3. The van der Waals surface area contributed by atoms with Gasteiger partial charge in [-0.2, -0.15) is 0 Å². The summed E-state index contributed by atoms with van der Waals surface area (Å²) in [5.41, 5.74) is 9.41. The van der Waals surface area contributed by atoms with Crippen molar-refractivity contribution >= 4 is 34.4 Å². The van der Waals surface area contributed by atoms with E-state index in [0.29, 0.717) is 22.1 Å². The topological polar surface area (TPSA) is 60.0 Å². The molecule has 0 saturated heterocycles. The molecule has 0 aliphatic carbocycles. The minimum atomic E-state index is 0.393. The van der Waals surface area contributed by atoms with E-state index in [2.05, 4.69) is 9.97 Å². The third-order valence-corrected chi connectivity index (χ3v) is 3.30. The van der Waals surface area contributed by atoms with Crippen molar-refractivity contribution in [3.8, 4) is 5.69 Å². The molecule has 5 nitrogen and oxygen atoms in total. The van der Waals surface area contributed by atoms with Gasteiger partial charge in [-0.3, -0.25) is 4.57 Å². The number of rotatable bonds is 2. The first-order chi connectivity index (χ1) is 9.58. The highest BCUT2D eigenvalue weighted by Crippen LogP contribution is 2.29. The van der Waals surface area contributed by atoms with Crippen molar-refractivity contribution < 1.29 is 0 Å². The molecule has 0 unspecified atom stereocenters. The van der Waals surface area contributed by atoms with Crippen LogP contribution >= 0.6 is 11.6 Å². The normalized spacial score (nSPS) is 10.9. The van der Waals surface area contributed by atoms with Crippen LogP contribution in [0.15, 0.2) is 36.5 Å². The van der Waals surface area contributed by atoms with Crippen molar-refractivity contribution in [2.45, 2.75) is 0 Å². The van der Waals surface area contributed by atoms with Crippen LogP contribution in [0.3, 0.4) is 0 Å². The zero-order valence-corrected chi connectivity index (χ0v) is 12.0. The lowest BCUT2D eigenvalue weighted by molar-refractivity contribution is 1.04. The second kappa shape index (κ2) is 4.68. The van der Waals surface area contributed by atoms with Crippen LogP contribution in [0.5, 0.6) is 0 Å². The molecule has 0 amide bonds. The second-order valence-corrected chi connectivity index (χ2v) is 5.12. The third-order valence-electron chi connectivity index (χ3n) is 3.09. The van der Waals surface area contributed by atoms with Crippen molar-refractivity contribution in [3.63, 3.8) is 0 Å². The van der Waals surface area contributed by atoms with Crippen molar-refractivity contribution in [1.82, 2.24) is 14.5 Å². The molecule has 0 saturated carbocycles. The van der Waals surface area contributed by atoms with Gasteiger partial charge in [0.05, 0.1) is 16.4 Å². The quantitative estimate of drug-likeness (QED) is 0.787. The van der Waals surface area contributed by atoms with Crippen LogP contribution in [-0.2, 0) is 0 Å². The van der Waals surface area contributed by atoms with Crippen molar-refractivity contribution in [2.24, 2.45) is 0 Å². The second-order valence-electron chi connectivity index (χ2n) is 4.68. The fourth-order valence-corrected chi connectivity index (χ4v) is 2.38. The lowest BCUT2D eigenvalue weighted by atomic mass is 10.2. The number of pyridine rings is 1. The number of aromatic nitrogens is 3. The molecule has 2 N–H and O–H groups in total. The number of nitrogens with two attached hydrogens (primary N) is 1. The van der Waals surface area contributed by atoms with Crippen LogP contribution in [-0.4, -0.2) is 28.6 Å². The lowest BCUT2D eigenvalue weighted by Crippen LogP contribution is -2.13. The van der Waals surface area contributed by atoms with Gasteiger partial charge in [-0.05, 0) is 18.2 Å². The van der Waals surface area contributed by atoms with E-state index in [0.717, 1.165) is 11.4 Å². The Morgan fingerprint density at radius 1 is 1.25 bits per heavy atom. The van der Waals surface area contributed by atoms with Gasteiger partial charge in [0.2, 0.25) is 5.95 Å². The molecule has 3 rings (SSSR count). The van der Waals surface area contributed by atoms with Gasteiger partial charge in [0.25, 0.3) is 0 Å². The number of fused-ring (bicyclic) bond motifs is 1. The van der Waals surface area contributed by atoms with Gasteiger partial charge in [-0.25, -0.2) is 9.97 Å². The fourth-order valence-electron chi connectivity index (χ4n) is 2.23. The van der Waals surface area contributed by atoms with Crippen LogP contribution in [0.4, 0.5) is 11.6 Å². The molecule has 2 heterocycles. The smallest absolute Gasteiger partial charge is 0.207 e. The standard InChI is InChI=1S/C14H14ClN5/c1-19(2)11-5-3-4-6-12(11)20-13-10(18-14(20)16)7-9(15)8-17-13/h3-8H,1-2H3,(H2,16,18). The molecule has 6 heteroatoms. The number of para-hydroxylation sites is 2. The molecule has 0 aliphatic rings. The van der Waals surface area contributed by atoms with E-state index in [-0.39, 0.29) is 0 Å². The number of nitrogen functional groups attached to an aromatic ring is 1. The molecule has 3 aromatic rings. The van der Waals surface area contributed by atoms with Gasteiger partial charge >= 0.3 is 0 Å². The molecule has 0 radical (unpaired) electrons. The Labute approximate surface area is 121 Å². The summed E-state index contributed by atoms with van der Waals surface area (Å²) in [4.78, 5) is 10.7. The molecule has 0 aliphatic heterocycles. The Kier molecular flexibility index (Phi) is 2.99. The van der Waals surface area contributed by atoms with Gasteiger partial charge in [-0.1, -0.05) is 23.7 Å². The van der Waals surface area contributed by atoms with E-state index in [4.69, 9.17) is 17.3 Å². The summed E-state index contributed by atoms with van der Waals surface area (Å²) in [5.74, 6) is 0.393. The molecule has 2 aromatic heterocycles. The van der Waals surface area contributed by atoms with Gasteiger partial charge in [0.15, 0.2) is 5.65 Å². The largest absolute Gasteiger partial charge is 0.376 e. The first-order valence-corrected chi connectivity index (χ1v) is 6.52. The number of halogens is 1. The summed E-state index contributed by atoms with van der Waals surface area (Å²) in [6.07, 6.45) is 1.60. The number of nitrogens with zero attached hydrogens (tertiary/aromatic N) is 4.